The number of pyridine rings is 3. The van der Waals surface area contributed by atoms with Crippen molar-refractivity contribution >= 4 is 32.3 Å². The van der Waals surface area contributed by atoms with Crippen molar-refractivity contribution in [2.45, 2.75) is 0 Å². The van der Waals surface area contributed by atoms with Gasteiger partial charge in [0.25, 0.3) is 33.4 Å². The van der Waals surface area contributed by atoms with Gasteiger partial charge in [-0.25, -0.2) is 13.7 Å². The summed E-state index contributed by atoms with van der Waals surface area (Å²) in [7, 11) is 0. The number of hydrogen-bond donors (Lipinski definition) is 0. The highest BCUT2D eigenvalue weighted by Gasteiger charge is 2.31. The molecule has 6 heterocycles. The van der Waals surface area contributed by atoms with Gasteiger partial charge in [-0.2, -0.15) is 0 Å². The number of aromatic nitrogens is 6. The van der Waals surface area contributed by atoms with E-state index in [1.165, 1.54) is 73.6 Å². The van der Waals surface area contributed by atoms with Crippen LogP contribution in [0.3, 0.4) is 0 Å². The largest absolute Gasteiger partial charge is 0.268 e. The molecular formula is C27H12N6O6. The maximum Gasteiger partial charge on any atom is 0.267 e. The van der Waals surface area contributed by atoms with Gasteiger partial charge in [-0.1, -0.05) is 0 Å². The Balaban J connectivity index is 1.83. The fourth-order valence-corrected chi connectivity index (χ4v) is 5.16. The van der Waals surface area contributed by atoms with Crippen molar-refractivity contribution in [3.8, 4) is 17.1 Å². The molecule has 0 bridgehead atoms. The van der Waals surface area contributed by atoms with E-state index in [2.05, 4.69) is 15.0 Å². The van der Waals surface area contributed by atoms with E-state index in [9.17, 15) is 28.8 Å². The maximum absolute atomic E-state index is 13.8. The lowest BCUT2D eigenvalue weighted by atomic mass is 10.0. The van der Waals surface area contributed by atoms with E-state index in [-0.39, 0.29) is 17.1 Å². The Morgan fingerprint density at radius 3 is 0.692 bits per heavy atom. The molecule has 7 rings (SSSR count). The van der Waals surface area contributed by atoms with E-state index >= 15 is 0 Å². The molecule has 0 aliphatic heterocycles. The van der Waals surface area contributed by atoms with Gasteiger partial charge in [-0.15, -0.1) is 0 Å². The van der Waals surface area contributed by atoms with Crippen LogP contribution in [-0.2, 0) is 0 Å². The van der Waals surface area contributed by atoms with Crippen molar-refractivity contribution in [3.63, 3.8) is 0 Å². The Hall–Kier alpha value is -5.91. The third-order valence-electron chi connectivity index (χ3n) is 6.76. The molecule has 39 heavy (non-hydrogen) atoms. The van der Waals surface area contributed by atoms with E-state index in [0.29, 0.717) is 0 Å². The van der Waals surface area contributed by atoms with Crippen LogP contribution in [0.5, 0.6) is 0 Å². The fourth-order valence-electron chi connectivity index (χ4n) is 5.16. The van der Waals surface area contributed by atoms with E-state index in [0.717, 1.165) is 13.7 Å². The normalized spacial score (nSPS) is 11.7. The van der Waals surface area contributed by atoms with Crippen LogP contribution in [0.4, 0.5) is 0 Å². The number of hydrogen-bond acceptors (Lipinski definition) is 9. The molecule has 12 nitrogen and oxygen atoms in total. The minimum absolute atomic E-state index is 0.143. The van der Waals surface area contributed by atoms with Crippen molar-refractivity contribution in [2.24, 2.45) is 0 Å². The maximum atomic E-state index is 13.8. The van der Waals surface area contributed by atoms with Crippen LogP contribution in [0.2, 0.25) is 0 Å². The first kappa shape index (κ1) is 22.3. The molecule has 0 saturated carbocycles. The topological polar surface area (TPSA) is 156 Å². The summed E-state index contributed by atoms with van der Waals surface area (Å²) in [6, 6.07) is 8.47. The molecule has 0 atom stereocenters. The van der Waals surface area contributed by atoms with Gasteiger partial charge in [0.05, 0.1) is 49.4 Å². The highest BCUT2D eigenvalue weighted by molar-refractivity contribution is 6.25. The van der Waals surface area contributed by atoms with E-state index < -0.39 is 65.7 Å². The zero-order valence-corrected chi connectivity index (χ0v) is 19.6. The summed E-state index contributed by atoms with van der Waals surface area (Å²) in [5.41, 5.74) is -4.98. The molecule has 6 aromatic heterocycles. The minimum Gasteiger partial charge on any atom is -0.268 e. The summed E-state index contributed by atoms with van der Waals surface area (Å²) in [6.07, 6.45) is 8.21. The van der Waals surface area contributed by atoms with E-state index in [1.54, 1.807) is 0 Å². The molecular weight excluding hydrogens is 504 g/mol. The van der Waals surface area contributed by atoms with Crippen LogP contribution >= 0.6 is 0 Å². The van der Waals surface area contributed by atoms with Crippen LogP contribution < -0.4 is 33.4 Å². The van der Waals surface area contributed by atoms with Gasteiger partial charge >= 0.3 is 0 Å². The van der Waals surface area contributed by atoms with Crippen molar-refractivity contribution in [2.75, 3.05) is 0 Å². The average molecular weight is 516 g/mol. The van der Waals surface area contributed by atoms with Gasteiger partial charge in [-0.05, 0) is 36.4 Å². The van der Waals surface area contributed by atoms with E-state index in [4.69, 9.17) is 0 Å². The van der Waals surface area contributed by atoms with Crippen LogP contribution in [0.1, 0.15) is 0 Å². The molecule has 0 N–H and O–H groups in total. The SMILES string of the molecule is O=c1c2c3c(=O)n(-c4ccncc4)c(=O)c3c3c(=O)n(-c4ccncc4)c(=O)c3c2c(=O)n1-c1ccncc1. The number of fused-ring (bicyclic) bond motifs is 6. The van der Waals surface area contributed by atoms with Crippen LogP contribution in [0.25, 0.3) is 49.4 Å². The summed E-state index contributed by atoms with van der Waals surface area (Å²) in [6.45, 7) is 0. The summed E-state index contributed by atoms with van der Waals surface area (Å²) >= 11 is 0. The van der Waals surface area contributed by atoms with Crippen LogP contribution in [-0.4, -0.2) is 28.7 Å². The molecule has 186 valence electrons. The highest BCUT2D eigenvalue weighted by Crippen LogP contribution is 2.27. The first-order chi connectivity index (χ1) is 18.9. The van der Waals surface area contributed by atoms with E-state index in [1.807, 2.05) is 0 Å². The molecule has 7 aromatic rings. The Morgan fingerprint density at radius 2 is 0.513 bits per heavy atom. The van der Waals surface area contributed by atoms with Crippen molar-refractivity contribution in [3.05, 3.63) is 136 Å². The van der Waals surface area contributed by atoms with Gasteiger partial charge in [0, 0.05) is 37.2 Å². The zero-order chi connectivity index (χ0) is 27.0. The molecule has 0 fully saturated rings. The van der Waals surface area contributed by atoms with Crippen molar-refractivity contribution < 1.29 is 0 Å². The van der Waals surface area contributed by atoms with Crippen molar-refractivity contribution in [1.29, 1.82) is 0 Å². The molecule has 0 spiro atoms. The molecule has 0 unspecified atom stereocenters. The third kappa shape index (κ3) is 2.79. The molecule has 0 aliphatic rings. The predicted octanol–water partition coefficient (Wildman–Crippen LogP) is 0.178. The molecule has 0 aliphatic carbocycles. The molecule has 12 heteroatoms. The van der Waals surface area contributed by atoms with Crippen molar-refractivity contribution in [1.82, 2.24) is 28.7 Å². The second kappa shape index (κ2) is 7.79. The van der Waals surface area contributed by atoms with Gasteiger partial charge in [0.15, 0.2) is 0 Å². The van der Waals surface area contributed by atoms with Crippen LogP contribution in [0.15, 0.2) is 102 Å². The Labute approximate surface area is 214 Å². The molecule has 0 saturated heterocycles. The monoisotopic (exact) mass is 516 g/mol. The molecule has 0 radical (unpaired) electrons. The zero-order valence-electron chi connectivity index (χ0n) is 19.6. The van der Waals surface area contributed by atoms with Gasteiger partial charge in [0.2, 0.25) is 0 Å². The fraction of sp³-hybridized carbons (Fsp3) is 0. The lowest BCUT2D eigenvalue weighted by Gasteiger charge is -1.98. The Kier molecular flexibility index (Phi) is 4.46. The smallest absolute Gasteiger partial charge is 0.267 e. The average Bonchev–Trinajstić information content (AvgIpc) is 3.48. The first-order valence-electron chi connectivity index (χ1n) is 11.5. The minimum atomic E-state index is -0.902. The van der Waals surface area contributed by atoms with Gasteiger partial charge in [-0.3, -0.25) is 43.7 Å². The number of benzene rings is 1. The summed E-state index contributed by atoms with van der Waals surface area (Å²) in [5, 5.41) is -2.43. The number of nitrogens with zero attached hydrogens (tertiary/aromatic N) is 6. The Morgan fingerprint density at radius 1 is 0.333 bits per heavy atom. The predicted molar refractivity (Wildman–Crippen MR) is 142 cm³/mol. The third-order valence-corrected chi connectivity index (χ3v) is 6.76. The summed E-state index contributed by atoms with van der Waals surface area (Å²) in [5.74, 6) is 0. The highest BCUT2D eigenvalue weighted by atomic mass is 16.2. The standard InChI is InChI=1S/C27H12N6O6/c34-22-16-17(23(35)31(22)13-1-7-28-8-2-13)19-21(27(39)33(25(19)37)15-5-11-30-12-6-15)20-18(16)24(36)32(26(20)38)14-3-9-29-10-4-14/h1-12H. The lowest BCUT2D eigenvalue weighted by Crippen LogP contribution is -2.24. The molecule has 1 aromatic carbocycles. The summed E-state index contributed by atoms with van der Waals surface area (Å²) in [4.78, 5) is 94.3. The van der Waals surface area contributed by atoms with Crippen LogP contribution in [0, 0.1) is 0 Å². The molecule has 0 amide bonds. The lowest BCUT2D eigenvalue weighted by molar-refractivity contribution is 0.981. The van der Waals surface area contributed by atoms with Gasteiger partial charge in [0.1, 0.15) is 0 Å². The second-order valence-electron chi connectivity index (χ2n) is 8.70. The number of rotatable bonds is 3. The van der Waals surface area contributed by atoms with Gasteiger partial charge < -0.3 is 0 Å². The summed E-state index contributed by atoms with van der Waals surface area (Å²) < 4.78 is 2.39. The Bertz CT molecular complexity index is 2020. The first-order valence-corrected chi connectivity index (χ1v) is 11.5. The second-order valence-corrected chi connectivity index (χ2v) is 8.70. The quantitative estimate of drug-likeness (QED) is 0.320.